The largest absolute Gasteiger partial charge is 0.493 e. The highest BCUT2D eigenvalue weighted by Gasteiger charge is 2.26. The molecule has 0 aliphatic heterocycles. The summed E-state index contributed by atoms with van der Waals surface area (Å²) in [5.41, 5.74) is 0.993. The van der Waals surface area contributed by atoms with E-state index in [1.807, 2.05) is 13.0 Å². The molecule has 0 N–H and O–H groups in total. The predicted octanol–water partition coefficient (Wildman–Crippen LogP) is 3.02. The van der Waals surface area contributed by atoms with Crippen molar-refractivity contribution in [3.8, 4) is 17.6 Å². The Labute approximate surface area is 185 Å². The summed E-state index contributed by atoms with van der Waals surface area (Å²) in [6, 6.07) is 11.0. The maximum absolute atomic E-state index is 13.3. The number of nitrogens with zero attached hydrogens (tertiary/aromatic N) is 3. The van der Waals surface area contributed by atoms with Crippen molar-refractivity contribution in [2.75, 3.05) is 25.7 Å². The SMILES string of the molecule is CCOc1cc([C@H](CS(C)(=O)=O)n2c(=O)n(CC#N)c3cc(Cl)ccc32)ccc1OC. The van der Waals surface area contributed by atoms with Crippen molar-refractivity contribution in [3.63, 3.8) is 0 Å². The number of methoxy groups -OCH3 is 1. The number of hydrogen-bond acceptors (Lipinski definition) is 6. The highest BCUT2D eigenvalue weighted by Crippen LogP contribution is 2.33. The van der Waals surface area contributed by atoms with Crippen LogP contribution in [0.1, 0.15) is 18.5 Å². The van der Waals surface area contributed by atoms with E-state index in [1.54, 1.807) is 36.4 Å². The summed E-state index contributed by atoms with van der Waals surface area (Å²) < 4.78 is 38.2. The molecule has 31 heavy (non-hydrogen) atoms. The minimum Gasteiger partial charge on any atom is -0.493 e. The number of aromatic nitrogens is 2. The number of imidazole rings is 1. The number of fused-ring (bicyclic) bond motifs is 1. The first-order valence-corrected chi connectivity index (χ1v) is 11.9. The molecule has 164 valence electrons. The molecule has 0 radical (unpaired) electrons. The van der Waals surface area contributed by atoms with Crippen LogP contribution >= 0.6 is 11.6 Å². The Hall–Kier alpha value is -2.96. The second-order valence-electron chi connectivity index (χ2n) is 6.98. The highest BCUT2D eigenvalue weighted by atomic mass is 35.5. The summed E-state index contributed by atoms with van der Waals surface area (Å²) in [5, 5.41) is 9.60. The molecule has 0 fully saturated rings. The zero-order valence-electron chi connectivity index (χ0n) is 17.3. The van der Waals surface area contributed by atoms with Crippen LogP contribution in [0.25, 0.3) is 11.0 Å². The Kier molecular flexibility index (Phi) is 6.62. The van der Waals surface area contributed by atoms with Crippen LogP contribution < -0.4 is 15.2 Å². The van der Waals surface area contributed by atoms with Gasteiger partial charge < -0.3 is 9.47 Å². The van der Waals surface area contributed by atoms with Crippen LogP contribution in [0.3, 0.4) is 0 Å². The fourth-order valence-corrected chi connectivity index (χ4v) is 4.63. The lowest BCUT2D eigenvalue weighted by atomic mass is 10.1. The van der Waals surface area contributed by atoms with E-state index in [2.05, 4.69) is 0 Å². The topological polar surface area (TPSA) is 103 Å². The molecule has 1 aromatic heterocycles. The van der Waals surface area contributed by atoms with Crippen molar-refractivity contribution in [1.82, 2.24) is 9.13 Å². The third-order valence-corrected chi connectivity index (χ3v) is 5.95. The summed E-state index contributed by atoms with van der Waals surface area (Å²) in [6.45, 7) is 2.02. The molecule has 1 atom stereocenters. The molecule has 0 aliphatic rings. The smallest absolute Gasteiger partial charge is 0.330 e. The van der Waals surface area contributed by atoms with Crippen molar-refractivity contribution in [2.24, 2.45) is 0 Å². The van der Waals surface area contributed by atoms with Gasteiger partial charge in [-0.1, -0.05) is 17.7 Å². The standard InChI is InChI=1S/C21H22ClN3O5S/c1-4-30-20-11-14(5-8-19(20)29-2)18(13-31(3,27)28)25-16-7-6-15(22)12-17(16)24(10-9-23)21(25)26/h5-8,11-12,18H,4,10,13H2,1-3H3/t18-/m0/s1. The lowest BCUT2D eigenvalue weighted by Gasteiger charge is -2.20. The van der Waals surface area contributed by atoms with Gasteiger partial charge in [0.1, 0.15) is 16.4 Å². The van der Waals surface area contributed by atoms with Gasteiger partial charge in [-0.2, -0.15) is 5.26 Å². The number of sulfone groups is 1. The monoisotopic (exact) mass is 463 g/mol. The van der Waals surface area contributed by atoms with Gasteiger partial charge in [-0.05, 0) is 42.8 Å². The summed E-state index contributed by atoms with van der Waals surface area (Å²) in [7, 11) is -1.98. The third kappa shape index (κ3) is 4.70. The van der Waals surface area contributed by atoms with Crippen LogP contribution in [0.4, 0.5) is 0 Å². The van der Waals surface area contributed by atoms with E-state index in [1.165, 1.54) is 16.2 Å². The first kappa shape index (κ1) is 22.7. The zero-order valence-corrected chi connectivity index (χ0v) is 18.9. The molecule has 10 heteroatoms. The third-order valence-electron chi connectivity index (χ3n) is 4.80. The van der Waals surface area contributed by atoms with Crippen molar-refractivity contribution in [3.05, 3.63) is 57.5 Å². The van der Waals surface area contributed by atoms with Crippen molar-refractivity contribution >= 4 is 32.5 Å². The van der Waals surface area contributed by atoms with E-state index < -0.39 is 21.6 Å². The molecular formula is C21H22ClN3O5S. The maximum atomic E-state index is 13.3. The lowest BCUT2D eigenvalue weighted by molar-refractivity contribution is 0.310. The Balaban J connectivity index is 2.32. The van der Waals surface area contributed by atoms with Crippen molar-refractivity contribution < 1.29 is 17.9 Å². The van der Waals surface area contributed by atoms with Crippen LogP contribution in [-0.4, -0.2) is 43.3 Å². The predicted molar refractivity (Wildman–Crippen MR) is 119 cm³/mol. The molecule has 0 saturated carbocycles. The van der Waals surface area contributed by atoms with E-state index >= 15 is 0 Å². The maximum Gasteiger partial charge on any atom is 0.330 e. The average molecular weight is 464 g/mol. The number of rotatable bonds is 8. The average Bonchev–Trinajstić information content (AvgIpc) is 2.97. The number of nitriles is 1. The molecule has 0 spiro atoms. The molecule has 2 aromatic carbocycles. The molecule has 0 aliphatic carbocycles. The van der Waals surface area contributed by atoms with E-state index in [9.17, 15) is 18.5 Å². The summed E-state index contributed by atoms with van der Waals surface area (Å²) in [6.07, 6.45) is 1.11. The van der Waals surface area contributed by atoms with Crippen LogP contribution in [0.5, 0.6) is 11.5 Å². The summed E-state index contributed by atoms with van der Waals surface area (Å²) in [5.74, 6) is 0.617. The highest BCUT2D eigenvalue weighted by molar-refractivity contribution is 7.90. The zero-order chi connectivity index (χ0) is 22.8. The van der Waals surface area contributed by atoms with Crippen molar-refractivity contribution in [2.45, 2.75) is 19.5 Å². The Morgan fingerprint density at radius 3 is 2.52 bits per heavy atom. The Bertz CT molecular complexity index is 1320. The minimum absolute atomic E-state index is 0.193. The van der Waals surface area contributed by atoms with E-state index in [-0.39, 0.29) is 12.3 Å². The molecule has 0 saturated heterocycles. The normalized spacial score (nSPS) is 12.5. The quantitative estimate of drug-likeness (QED) is 0.508. The van der Waals surface area contributed by atoms with Crippen LogP contribution in [0.15, 0.2) is 41.2 Å². The number of hydrogen-bond donors (Lipinski definition) is 0. The van der Waals surface area contributed by atoms with E-state index in [0.717, 1.165) is 6.26 Å². The van der Waals surface area contributed by atoms with Crippen LogP contribution in [0, 0.1) is 11.3 Å². The second-order valence-corrected chi connectivity index (χ2v) is 9.60. The molecule has 3 aromatic rings. The van der Waals surface area contributed by atoms with Gasteiger partial charge in [0.2, 0.25) is 0 Å². The molecule has 3 rings (SSSR count). The number of benzene rings is 2. The number of ether oxygens (including phenoxy) is 2. The van der Waals surface area contributed by atoms with Gasteiger partial charge >= 0.3 is 5.69 Å². The Morgan fingerprint density at radius 1 is 1.16 bits per heavy atom. The molecular weight excluding hydrogens is 442 g/mol. The summed E-state index contributed by atoms with van der Waals surface area (Å²) >= 11 is 6.11. The number of halogens is 1. The van der Waals surface area contributed by atoms with Crippen LogP contribution in [-0.2, 0) is 16.4 Å². The lowest BCUT2D eigenvalue weighted by Crippen LogP contribution is -2.31. The summed E-state index contributed by atoms with van der Waals surface area (Å²) in [4.78, 5) is 13.3. The van der Waals surface area contributed by atoms with E-state index in [4.69, 9.17) is 21.1 Å². The van der Waals surface area contributed by atoms with Gasteiger partial charge in [-0.25, -0.2) is 13.2 Å². The Morgan fingerprint density at radius 2 is 1.90 bits per heavy atom. The van der Waals surface area contributed by atoms with Gasteiger partial charge in [0.25, 0.3) is 0 Å². The first-order valence-electron chi connectivity index (χ1n) is 9.45. The molecule has 0 unspecified atom stereocenters. The molecule has 0 bridgehead atoms. The fourth-order valence-electron chi connectivity index (χ4n) is 3.55. The minimum atomic E-state index is -3.49. The van der Waals surface area contributed by atoms with Gasteiger partial charge in [-0.15, -0.1) is 0 Å². The molecule has 1 heterocycles. The van der Waals surface area contributed by atoms with Crippen LogP contribution in [0.2, 0.25) is 5.02 Å². The molecule has 0 amide bonds. The van der Waals surface area contributed by atoms with Gasteiger partial charge in [0, 0.05) is 11.3 Å². The fraction of sp³-hybridized carbons (Fsp3) is 0.333. The van der Waals surface area contributed by atoms with Gasteiger partial charge in [0.15, 0.2) is 11.5 Å². The van der Waals surface area contributed by atoms with Gasteiger partial charge in [-0.3, -0.25) is 9.13 Å². The first-order chi connectivity index (χ1) is 14.7. The second kappa shape index (κ2) is 9.04. The van der Waals surface area contributed by atoms with Gasteiger partial charge in [0.05, 0.1) is 42.6 Å². The van der Waals surface area contributed by atoms with E-state index in [0.29, 0.717) is 39.7 Å². The van der Waals surface area contributed by atoms with Crippen molar-refractivity contribution in [1.29, 1.82) is 5.26 Å². The molecule has 8 nitrogen and oxygen atoms in total.